The molecule has 2 aromatic heterocycles. The van der Waals surface area contributed by atoms with Crippen molar-refractivity contribution in [2.45, 2.75) is 10.8 Å². The quantitative estimate of drug-likeness (QED) is 0.241. The van der Waals surface area contributed by atoms with Crippen molar-refractivity contribution in [3.05, 3.63) is 78.6 Å². The van der Waals surface area contributed by atoms with E-state index in [9.17, 15) is 18.0 Å². The third-order valence-electron chi connectivity index (χ3n) is 5.38. The van der Waals surface area contributed by atoms with Gasteiger partial charge in [0.15, 0.2) is 0 Å². The van der Waals surface area contributed by atoms with E-state index in [0.29, 0.717) is 31.2 Å². The van der Waals surface area contributed by atoms with Crippen molar-refractivity contribution in [2.24, 2.45) is 0 Å². The molecule has 0 fully saturated rings. The lowest BCUT2D eigenvalue weighted by Gasteiger charge is -2.17. The first-order valence-corrected chi connectivity index (χ1v) is 14.6. The van der Waals surface area contributed by atoms with Gasteiger partial charge in [0, 0.05) is 40.1 Å². The van der Waals surface area contributed by atoms with Crippen LogP contribution in [0, 0.1) is 3.57 Å². The fourth-order valence-corrected chi connectivity index (χ4v) is 6.93. The van der Waals surface area contributed by atoms with E-state index in [1.807, 2.05) is 55.2 Å². The van der Waals surface area contributed by atoms with Gasteiger partial charge in [-0.2, -0.15) is 0 Å². The van der Waals surface area contributed by atoms with Crippen molar-refractivity contribution in [3.63, 3.8) is 0 Å². The molecule has 0 saturated carbocycles. The van der Waals surface area contributed by atoms with Crippen LogP contribution in [0.5, 0.6) is 0 Å². The lowest BCUT2D eigenvalue weighted by Crippen LogP contribution is -2.34. The number of fused-ring (bicyclic) bond motifs is 1. The van der Waals surface area contributed by atoms with Gasteiger partial charge in [0.2, 0.25) is 0 Å². The molecular formula is C24H23ClIN5O4S2. The summed E-state index contributed by atoms with van der Waals surface area (Å²) < 4.78 is 29.2. The van der Waals surface area contributed by atoms with Gasteiger partial charge in [-0.05, 0) is 96.2 Å². The van der Waals surface area contributed by atoms with E-state index >= 15 is 0 Å². The standard InChI is InChI=1S/C24H23ClIN5O4S2/c1-27-15-4-6-17-18(10-15)14(12-30(2)3)13-31(23(17)32)20-7-5-16(11-19(20)26)28-24(33)29-37(34,35)22-9-8-21(25)36-22/h4-11,13,27H,12H2,1-3H3,(H2,28,29,33). The van der Waals surface area contributed by atoms with Gasteiger partial charge in [0.1, 0.15) is 4.21 Å². The monoisotopic (exact) mass is 671 g/mol. The Labute approximate surface area is 236 Å². The zero-order valence-corrected chi connectivity index (χ0v) is 24.5. The van der Waals surface area contributed by atoms with Crippen LogP contribution in [-0.2, 0) is 16.6 Å². The minimum Gasteiger partial charge on any atom is -0.388 e. The second-order valence-electron chi connectivity index (χ2n) is 8.36. The minimum absolute atomic E-state index is 0.0661. The summed E-state index contributed by atoms with van der Waals surface area (Å²) in [5.41, 5.74) is 2.73. The van der Waals surface area contributed by atoms with E-state index in [2.05, 4.69) is 33.2 Å². The van der Waals surface area contributed by atoms with Crippen molar-refractivity contribution in [2.75, 3.05) is 31.8 Å². The Bertz CT molecular complexity index is 1670. The number of rotatable bonds is 7. The average molecular weight is 672 g/mol. The molecule has 0 spiro atoms. The van der Waals surface area contributed by atoms with E-state index in [-0.39, 0.29) is 9.77 Å². The number of carbonyl (C=O) groups is 1. The van der Waals surface area contributed by atoms with Crippen LogP contribution in [0.3, 0.4) is 0 Å². The number of amides is 2. The zero-order chi connectivity index (χ0) is 26.9. The third-order valence-corrected chi connectivity index (χ3v) is 9.30. The number of hydrogen-bond acceptors (Lipinski definition) is 7. The zero-order valence-electron chi connectivity index (χ0n) is 20.0. The molecule has 4 rings (SSSR count). The normalized spacial score (nSPS) is 11.6. The van der Waals surface area contributed by atoms with Crippen LogP contribution < -0.4 is 20.9 Å². The van der Waals surface area contributed by atoms with Crippen LogP contribution in [0.25, 0.3) is 16.5 Å². The molecule has 37 heavy (non-hydrogen) atoms. The Morgan fingerprint density at radius 3 is 2.43 bits per heavy atom. The molecule has 2 aromatic carbocycles. The summed E-state index contributed by atoms with van der Waals surface area (Å²) in [4.78, 5) is 27.9. The van der Waals surface area contributed by atoms with Crippen LogP contribution in [-0.4, -0.2) is 45.1 Å². The van der Waals surface area contributed by atoms with Crippen LogP contribution in [0.2, 0.25) is 4.34 Å². The summed E-state index contributed by atoms with van der Waals surface area (Å²) in [5.74, 6) is 0. The number of aromatic nitrogens is 1. The number of carbonyl (C=O) groups excluding carboxylic acids is 1. The first-order chi connectivity index (χ1) is 17.5. The van der Waals surface area contributed by atoms with Gasteiger partial charge in [-0.1, -0.05) is 11.6 Å². The number of nitrogens with zero attached hydrogens (tertiary/aromatic N) is 2. The van der Waals surface area contributed by atoms with Gasteiger partial charge < -0.3 is 15.5 Å². The fraction of sp³-hybridized carbons (Fsp3) is 0.167. The predicted octanol–water partition coefficient (Wildman–Crippen LogP) is 4.92. The molecule has 13 heteroatoms. The van der Waals surface area contributed by atoms with Crippen molar-refractivity contribution in [1.29, 1.82) is 0 Å². The summed E-state index contributed by atoms with van der Waals surface area (Å²) in [6.45, 7) is 0.629. The second-order valence-corrected chi connectivity index (χ2v) is 13.1. The molecule has 2 amide bonds. The molecule has 0 bridgehead atoms. The molecule has 0 saturated heterocycles. The highest BCUT2D eigenvalue weighted by Gasteiger charge is 2.20. The summed E-state index contributed by atoms with van der Waals surface area (Å²) in [6, 6.07) is 12.5. The molecule has 194 valence electrons. The van der Waals surface area contributed by atoms with Crippen molar-refractivity contribution in [3.8, 4) is 5.69 Å². The van der Waals surface area contributed by atoms with E-state index in [1.165, 1.54) is 12.1 Å². The summed E-state index contributed by atoms with van der Waals surface area (Å²) in [5, 5.41) is 7.11. The molecule has 0 aliphatic carbocycles. The minimum atomic E-state index is -4.05. The van der Waals surface area contributed by atoms with Gasteiger partial charge in [-0.15, -0.1) is 11.3 Å². The first-order valence-electron chi connectivity index (χ1n) is 10.9. The number of pyridine rings is 1. The molecule has 0 radical (unpaired) electrons. The molecule has 3 N–H and O–H groups in total. The lowest BCUT2D eigenvalue weighted by atomic mass is 10.1. The molecule has 4 aromatic rings. The van der Waals surface area contributed by atoms with Crippen molar-refractivity contribution < 1.29 is 13.2 Å². The maximum absolute atomic E-state index is 13.4. The Balaban J connectivity index is 1.65. The van der Waals surface area contributed by atoms with E-state index in [0.717, 1.165) is 28.0 Å². The highest BCUT2D eigenvalue weighted by atomic mass is 127. The maximum Gasteiger partial charge on any atom is 0.333 e. The Morgan fingerprint density at radius 1 is 1.08 bits per heavy atom. The number of halogens is 2. The molecule has 0 unspecified atom stereocenters. The van der Waals surface area contributed by atoms with Crippen molar-refractivity contribution >= 4 is 83.7 Å². The number of thiophene rings is 1. The second kappa shape index (κ2) is 11.0. The number of sulfonamides is 1. The summed E-state index contributed by atoms with van der Waals surface area (Å²) in [7, 11) is 1.71. The van der Waals surface area contributed by atoms with Gasteiger partial charge in [0.05, 0.1) is 10.0 Å². The van der Waals surface area contributed by atoms with E-state index < -0.39 is 16.1 Å². The number of hydrogen-bond donors (Lipinski definition) is 3. The summed E-state index contributed by atoms with van der Waals surface area (Å²) in [6.07, 6.45) is 1.83. The van der Waals surface area contributed by atoms with Crippen LogP contribution in [0.4, 0.5) is 16.2 Å². The Kier molecular flexibility index (Phi) is 8.14. The van der Waals surface area contributed by atoms with Crippen LogP contribution in [0.1, 0.15) is 5.56 Å². The molecule has 9 nitrogen and oxygen atoms in total. The topological polar surface area (TPSA) is 113 Å². The number of benzene rings is 2. The molecular weight excluding hydrogens is 649 g/mol. The largest absolute Gasteiger partial charge is 0.388 e. The van der Waals surface area contributed by atoms with E-state index in [1.54, 1.807) is 22.8 Å². The number of urea groups is 1. The summed E-state index contributed by atoms with van der Waals surface area (Å²) >= 11 is 8.73. The van der Waals surface area contributed by atoms with Gasteiger partial charge in [-0.25, -0.2) is 17.9 Å². The van der Waals surface area contributed by atoms with Gasteiger partial charge in [0.25, 0.3) is 15.6 Å². The first kappa shape index (κ1) is 27.4. The van der Waals surface area contributed by atoms with Crippen LogP contribution in [0.15, 0.2) is 63.7 Å². The molecule has 0 atom stereocenters. The lowest BCUT2D eigenvalue weighted by molar-refractivity contribution is 0.256. The Hall–Kier alpha value is -2.65. The highest BCUT2D eigenvalue weighted by molar-refractivity contribution is 14.1. The fourth-order valence-electron chi connectivity index (χ4n) is 3.76. The number of nitrogens with one attached hydrogen (secondary N) is 3. The molecule has 0 aliphatic heterocycles. The van der Waals surface area contributed by atoms with Gasteiger partial charge >= 0.3 is 6.03 Å². The van der Waals surface area contributed by atoms with Crippen molar-refractivity contribution in [1.82, 2.24) is 14.2 Å². The SMILES string of the molecule is CNc1ccc2c(=O)n(-c3ccc(NC(=O)NS(=O)(=O)c4ccc(Cl)s4)cc3I)cc(CN(C)C)c2c1. The molecule has 2 heterocycles. The maximum atomic E-state index is 13.4. The number of anilines is 2. The smallest absolute Gasteiger partial charge is 0.333 e. The van der Waals surface area contributed by atoms with Gasteiger partial charge in [-0.3, -0.25) is 9.36 Å². The Morgan fingerprint density at radius 2 is 1.81 bits per heavy atom. The molecule has 0 aliphatic rings. The highest BCUT2D eigenvalue weighted by Crippen LogP contribution is 2.27. The predicted molar refractivity (Wildman–Crippen MR) is 158 cm³/mol. The third kappa shape index (κ3) is 6.09. The average Bonchev–Trinajstić information content (AvgIpc) is 3.27. The van der Waals surface area contributed by atoms with E-state index in [4.69, 9.17) is 11.6 Å². The van der Waals surface area contributed by atoms with Crippen LogP contribution >= 0.6 is 45.5 Å².